The number of hydrogen-bond donors (Lipinski definition) is 1. The van der Waals surface area contributed by atoms with Gasteiger partial charge in [-0.3, -0.25) is 0 Å². The van der Waals surface area contributed by atoms with Gasteiger partial charge in [-0.2, -0.15) is 0 Å². The molecule has 0 aromatic heterocycles. The lowest BCUT2D eigenvalue weighted by atomic mass is 9.92. The van der Waals surface area contributed by atoms with E-state index in [-0.39, 0.29) is 0 Å². The molecule has 0 atom stereocenters. The van der Waals surface area contributed by atoms with Gasteiger partial charge >= 0.3 is 0 Å². The second-order valence-corrected chi connectivity index (χ2v) is 5.90. The fourth-order valence-electron chi connectivity index (χ4n) is 2.66. The number of phenolic OH excluding ortho intramolecular Hbond substituents is 1. The molecule has 0 unspecified atom stereocenters. The predicted molar refractivity (Wildman–Crippen MR) is 98.6 cm³/mol. The van der Waals surface area contributed by atoms with Crippen molar-refractivity contribution in [2.45, 2.75) is 52.4 Å². The van der Waals surface area contributed by atoms with Crippen LogP contribution in [0.1, 0.15) is 57.1 Å². The highest BCUT2D eigenvalue weighted by molar-refractivity contribution is 5.74. The summed E-state index contributed by atoms with van der Waals surface area (Å²) in [5, 5.41) is 10.1. The third kappa shape index (κ3) is 4.89. The van der Waals surface area contributed by atoms with Gasteiger partial charge in [0.15, 0.2) is 0 Å². The number of aryl methyl sites for hydroxylation is 1. The summed E-state index contributed by atoms with van der Waals surface area (Å²) in [6.07, 6.45) is 6.44. The third-order valence-corrected chi connectivity index (χ3v) is 3.96. The number of hydrogen-bond acceptors (Lipinski definition) is 1. The average Bonchev–Trinajstić information content (AvgIpc) is 2.58. The maximum absolute atomic E-state index is 10.1. The van der Waals surface area contributed by atoms with Crippen molar-refractivity contribution < 1.29 is 5.11 Å². The Morgan fingerprint density at radius 2 is 1.70 bits per heavy atom. The van der Waals surface area contributed by atoms with Crippen LogP contribution in [0.5, 0.6) is 5.75 Å². The van der Waals surface area contributed by atoms with Crippen molar-refractivity contribution in [2.24, 2.45) is 0 Å². The molecule has 1 nitrogen and oxygen atoms in total. The van der Waals surface area contributed by atoms with E-state index >= 15 is 0 Å². The van der Waals surface area contributed by atoms with Crippen molar-refractivity contribution in [1.82, 2.24) is 0 Å². The Balaban J connectivity index is 2.49. The highest BCUT2D eigenvalue weighted by atomic mass is 16.3. The van der Waals surface area contributed by atoms with Crippen molar-refractivity contribution in [3.8, 4) is 28.7 Å². The molecule has 0 amide bonds. The van der Waals surface area contributed by atoms with Gasteiger partial charge in [-0.05, 0) is 42.5 Å². The summed E-state index contributed by atoms with van der Waals surface area (Å²) in [7, 11) is 0. The van der Waals surface area contributed by atoms with Crippen LogP contribution < -0.4 is 0 Å². The molecule has 2 rings (SSSR count). The molecular weight excluding hydrogens is 280 g/mol. The van der Waals surface area contributed by atoms with Crippen molar-refractivity contribution in [2.75, 3.05) is 0 Å². The minimum atomic E-state index is 0.328. The van der Waals surface area contributed by atoms with Crippen LogP contribution in [-0.4, -0.2) is 5.11 Å². The molecule has 0 radical (unpaired) electrons. The van der Waals surface area contributed by atoms with Crippen molar-refractivity contribution in [3.63, 3.8) is 0 Å². The van der Waals surface area contributed by atoms with E-state index in [4.69, 9.17) is 0 Å². The molecule has 2 aromatic rings. The van der Waals surface area contributed by atoms with E-state index in [2.05, 4.69) is 37.8 Å². The summed E-state index contributed by atoms with van der Waals surface area (Å²) < 4.78 is 0. The minimum absolute atomic E-state index is 0.328. The predicted octanol–water partition coefficient (Wildman–Crippen LogP) is 5.94. The largest absolute Gasteiger partial charge is 0.508 e. The topological polar surface area (TPSA) is 20.2 Å². The molecule has 2 aromatic carbocycles. The first-order valence-electron chi connectivity index (χ1n) is 8.66. The van der Waals surface area contributed by atoms with Crippen LogP contribution in [0.25, 0.3) is 11.1 Å². The molecule has 0 heterocycles. The number of aromatic hydroxyl groups is 1. The molecule has 0 saturated heterocycles. The minimum Gasteiger partial charge on any atom is -0.508 e. The van der Waals surface area contributed by atoms with Crippen LogP contribution in [-0.2, 0) is 6.42 Å². The highest BCUT2D eigenvalue weighted by Crippen LogP contribution is 2.31. The molecule has 0 aliphatic heterocycles. The van der Waals surface area contributed by atoms with Gasteiger partial charge in [-0.1, -0.05) is 68.9 Å². The Labute approximate surface area is 140 Å². The molecule has 0 fully saturated rings. The molecular formula is C22H26O. The Bertz CT molecular complexity index is 674. The fraction of sp³-hybridized carbons (Fsp3) is 0.364. The number of rotatable bonds is 6. The monoisotopic (exact) mass is 306 g/mol. The summed E-state index contributed by atoms with van der Waals surface area (Å²) in [4.78, 5) is 0. The number of benzene rings is 2. The zero-order chi connectivity index (χ0) is 16.5. The SMILES string of the molecule is CCCCC#Cc1c(CCCC)cc(O)cc1-c1ccccc1. The van der Waals surface area contributed by atoms with E-state index in [1.54, 1.807) is 0 Å². The lowest BCUT2D eigenvalue weighted by molar-refractivity contribution is 0.474. The van der Waals surface area contributed by atoms with Crippen LogP contribution in [0, 0.1) is 11.8 Å². The summed E-state index contributed by atoms with van der Waals surface area (Å²) in [5.41, 5.74) is 4.40. The van der Waals surface area contributed by atoms with Crippen molar-refractivity contribution >= 4 is 0 Å². The van der Waals surface area contributed by atoms with Crippen molar-refractivity contribution in [1.29, 1.82) is 0 Å². The first-order chi connectivity index (χ1) is 11.3. The molecule has 0 spiro atoms. The first-order valence-corrected chi connectivity index (χ1v) is 8.66. The smallest absolute Gasteiger partial charge is 0.116 e. The van der Waals surface area contributed by atoms with E-state index in [9.17, 15) is 5.11 Å². The van der Waals surface area contributed by atoms with E-state index in [0.29, 0.717) is 5.75 Å². The van der Waals surface area contributed by atoms with Gasteiger partial charge in [-0.15, -0.1) is 0 Å². The standard InChI is InChI=1S/C22H26O/c1-3-5-7-11-15-21-19(12-6-4-2)16-20(23)17-22(21)18-13-9-8-10-14-18/h8-10,13-14,16-17,23H,3-7,12H2,1-2H3. The lowest BCUT2D eigenvalue weighted by Crippen LogP contribution is -1.95. The Morgan fingerprint density at radius 3 is 2.39 bits per heavy atom. The van der Waals surface area contributed by atoms with E-state index < -0.39 is 0 Å². The first kappa shape index (κ1) is 17.2. The summed E-state index contributed by atoms with van der Waals surface area (Å²) in [6.45, 7) is 4.37. The maximum Gasteiger partial charge on any atom is 0.116 e. The molecule has 0 bridgehead atoms. The van der Waals surface area contributed by atoms with E-state index in [1.165, 1.54) is 6.42 Å². The van der Waals surface area contributed by atoms with Gasteiger partial charge < -0.3 is 5.11 Å². The molecule has 0 aliphatic carbocycles. The molecule has 120 valence electrons. The summed E-state index contributed by atoms with van der Waals surface area (Å²) >= 11 is 0. The van der Waals surface area contributed by atoms with Crippen LogP contribution in [0.2, 0.25) is 0 Å². The maximum atomic E-state index is 10.1. The summed E-state index contributed by atoms with van der Waals surface area (Å²) in [6, 6.07) is 13.9. The normalized spacial score (nSPS) is 10.2. The Morgan fingerprint density at radius 1 is 0.957 bits per heavy atom. The van der Waals surface area contributed by atoms with Crippen LogP contribution in [0.3, 0.4) is 0 Å². The second-order valence-electron chi connectivity index (χ2n) is 5.90. The van der Waals surface area contributed by atoms with E-state index in [1.807, 2.05) is 30.3 Å². The van der Waals surface area contributed by atoms with Crippen LogP contribution in [0.15, 0.2) is 42.5 Å². The molecule has 0 saturated carbocycles. The molecule has 23 heavy (non-hydrogen) atoms. The van der Waals surface area contributed by atoms with Gasteiger partial charge in [0, 0.05) is 17.5 Å². The third-order valence-electron chi connectivity index (χ3n) is 3.96. The number of unbranched alkanes of at least 4 members (excludes halogenated alkanes) is 3. The Hall–Kier alpha value is -2.20. The second kappa shape index (κ2) is 9.06. The molecule has 1 heteroatoms. The quantitative estimate of drug-likeness (QED) is 0.517. The number of phenols is 1. The molecule has 1 N–H and O–H groups in total. The summed E-state index contributed by atoms with van der Waals surface area (Å²) in [5.74, 6) is 7.04. The zero-order valence-electron chi connectivity index (χ0n) is 14.2. The van der Waals surface area contributed by atoms with Gasteiger partial charge in [0.1, 0.15) is 5.75 Å². The molecule has 0 aliphatic rings. The van der Waals surface area contributed by atoms with Crippen LogP contribution in [0.4, 0.5) is 0 Å². The van der Waals surface area contributed by atoms with Gasteiger partial charge in [0.2, 0.25) is 0 Å². The zero-order valence-corrected chi connectivity index (χ0v) is 14.2. The van der Waals surface area contributed by atoms with Gasteiger partial charge in [0.05, 0.1) is 0 Å². The van der Waals surface area contributed by atoms with Crippen molar-refractivity contribution in [3.05, 3.63) is 53.6 Å². The van der Waals surface area contributed by atoms with E-state index in [0.717, 1.165) is 54.4 Å². The lowest BCUT2D eigenvalue weighted by Gasteiger charge is -2.12. The Kier molecular flexibility index (Phi) is 6.76. The van der Waals surface area contributed by atoms with Gasteiger partial charge in [0.25, 0.3) is 0 Å². The average molecular weight is 306 g/mol. The fourth-order valence-corrected chi connectivity index (χ4v) is 2.66. The van der Waals surface area contributed by atoms with Crippen LogP contribution >= 0.6 is 0 Å². The van der Waals surface area contributed by atoms with Gasteiger partial charge in [-0.25, -0.2) is 0 Å². The highest BCUT2D eigenvalue weighted by Gasteiger charge is 2.11.